The number of hydrogen-bond acceptors (Lipinski definition) is 2. The molecule has 4 nitrogen and oxygen atoms in total. The van der Waals surface area contributed by atoms with Gasteiger partial charge in [0.25, 0.3) is 5.91 Å². The molecule has 0 saturated carbocycles. The standard InChI is InChI=1S/C23H30F3N3O/c1-15-19(21(30)27-17-8-6-7-16(13-17)23(24,25)26)14-20(22(2,3)4)29(15)18-9-11-28(5)12-10-18/h6-8,13-14,18H,9-12H2,1-5H3,(H,27,30). The topological polar surface area (TPSA) is 37.3 Å². The van der Waals surface area contributed by atoms with Gasteiger partial charge in [-0.15, -0.1) is 0 Å². The minimum absolute atomic E-state index is 0.138. The molecule has 1 fully saturated rings. The molecule has 0 bridgehead atoms. The van der Waals surface area contributed by atoms with E-state index in [1.54, 1.807) is 0 Å². The first-order chi connectivity index (χ1) is 13.9. The van der Waals surface area contributed by atoms with Crippen LogP contribution in [-0.4, -0.2) is 35.5 Å². The molecule has 1 aromatic carbocycles. The minimum atomic E-state index is -4.45. The van der Waals surface area contributed by atoms with E-state index in [1.165, 1.54) is 12.1 Å². The number of piperidine rings is 1. The lowest BCUT2D eigenvalue weighted by Gasteiger charge is -2.34. The highest BCUT2D eigenvalue weighted by atomic mass is 19.4. The van der Waals surface area contributed by atoms with Crippen molar-refractivity contribution in [1.29, 1.82) is 0 Å². The number of alkyl halides is 3. The molecule has 0 radical (unpaired) electrons. The van der Waals surface area contributed by atoms with Crippen LogP contribution >= 0.6 is 0 Å². The fourth-order valence-electron chi connectivity index (χ4n) is 4.12. The van der Waals surface area contributed by atoms with Crippen molar-refractivity contribution in [3.63, 3.8) is 0 Å². The number of nitrogens with one attached hydrogen (secondary N) is 1. The molecule has 1 saturated heterocycles. The zero-order valence-corrected chi connectivity index (χ0v) is 18.2. The molecule has 0 spiro atoms. The van der Waals surface area contributed by atoms with Crippen LogP contribution in [0.2, 0.25) is 0 Å². The fourth-order valence-corrected chi connectivity index (χ4v) is 4.12. The number of halogens is 3. The second-order valence-corrected chi connectivity index (χ2v) is 9.22. The van der Waals surface area contributed by atoms with E-state index in [1.807, 2.05) is 13.0 Å². The summed E-state index contributed by atoms with van der Waals surface area (Å²) >= 11 is 0. The van der Waals surface area contributed by atoms with Crippen LogP contribution in [0.15, 0.2) is 30.3 Å². The third-order valence-corrected chi connectivity index (χ3v) is 5.81. The van der Waals surface area contributed by atoms with Crippen molar-refractivity contribution < 1.29 is 18.0 Å². The van der Waals surface area contributed by atoms with Gasteiger partial charge >= 0.3 is 6.18 Å². The van der Waals surface area contributed by atoms with Gasteiger partial charge in [0.05, 0.1) is 11.1 Å². The Morgan fingerprint density at radius 2 is 1.73 bits per heavy atom. The molecule has 0 unspecified atom stereocenters. The smallest absolute Gasteiger partial charge is 0.344 e. The first kappa shape index (κ1) is 22.4. The van der Waals surface area contributed by atoms with E-state index in [2.05, 4.69) is 42.6 Å². The van der Waals surface area contributed by atoms with Crippen LogP contribution in [0, 0.1) is 6.92 Å². The van der Waals surface area contributed by atoms with Crippen LogP contribution in [0.4, 0.5) is 18.9 Å². The molecular formula is C23H30F3N3O. The Bertz CT molecular complexity index is 917. The second-order valence-electron chi connectivity index (χ2n) is 9.22. The van der Waals surface area contributed by atoms with E-state index in [0.717, 1.165) is 49.5 Å². The number of amides is 1. The largest absolute Gasteiger partial charge is 0.416 e. The summed E-state index contributed by atoms with van der Waals surface area (Å²) in [5.74, 6) is -0.385. The number of likely N-dealkylation sites (tertiary alicyclic amines) is 1. The molecule has 1 aliphatic rings. The molecule has 164 valence electrons. The molecule has 1 aliphatic heterocycles. The number of benzene rings is 1. The average molecular weight is 422 g/mol. The normalized spacial score (nSPS) is 16.7. The summed E-state index contributed by atoms with van der Waals surface area (Å²) in [4.78, 5) is 15.3. The lowest BCUT2D eigenvalue weighted by atomic mass is 9.91. The van der Waals surface area contributed by atoms with Crippen molar-refractivity contribution in [1.82, 2.24) is 9.47 Å². The van der Waals surface area contributed by atoms with Gasteiger partial charge in [-0.3, -0.25) is 4.79 Å². The lowest BCUT2D eigenvalue weighted by Crippen LogP contribution is -2.33. The molecular weight excluding hydrogens is 391 g/mol. The summed E-state index contributed by atoms with van der Waals surface area (Å²) in [6.45, 7) is 10.3. The van der Waals surface area contributed by atoms with Crippen LogP contribution in [0.5, 0.6) is 0 Å². The Hall–Kier alpha value is -2.28. The van der Waals surface area contributed by atoms with E-state index in [9.17, 15) is 18.0 Å². The number of rotatable bonds is 3. The van der Waals surface area contributed by atoms with Gasteiger partial charge in [-0.2, -0.15) is 13.2 Å². The van der Waals surface area contributed by atoms with Gasteiger partial charge in [-0.05, 0) is 64.2 Å². The van der Waals surface area contributed by atoms with Crippen LogP contribution in [0.1, 0.15) is 67.0 Å². The van der Waals surface area contributed by atoms with Gasteiger partial charge < -0.3 is 14.8 Å². The summed E-state index contributed by atoms with van der Waals surface area (Å²) in [6, 6.07) is 6.94. The maximum Gasteiger partial charge on any atom is 0.416 e. The van der Waals surface area contributed by atoms with Crippen molar-refractivity contribution in [2.45, 2.75) is 58.2 Å². The highest BCUT2D eigenvalue weighted by Gasteiger charge is 2.32. The number of nitrogens with zero attached hydrogens (tertiary/aromatic N) is 2. The van der Waals surface area contributed by atoms with Crippen LogP contribution in [0.3, 0.4) is 0 Å². The Morgan fingerprint density at radius 3 is 2.30 bits per heavy atom. The van der Waals surface area contributed by atoms with Crippen LogP contribution < -0.4 is 5.32 Å². The van der Waals surface area contributed by atoms with Crippen molar-refractivity contribution >= 4 is 11.6 Å². The monoisotopic (exact) mass is 421 g/mol. The number of carbonyl (C=O) groups is 1. The molecule has 7 heteroatoms. The second kappa shape index (κ2) is 8.10. The summed E-state index contributed by atoms with van der Waals surface area (Å²) in [6.07, 6.45) is -2.44. The summed E-state index contributed by atoms with van der Waals surface area (Å²) in [5, 5.41) is 2.65. The molecule has 2 heterocycles. The van der Waals surface area contributed by atoms with Crippen molar-refractivity contribution in [3.8, 4) is 0 Å². The Morgan fingerprint density at radius 1 is 1.10 bits per heavy atom. The van der Waals surface area contributed by atoms with Gasteiger partial charge in [0.1, 0.15) is 0 Å². The quantitative estimate of drug-likeness (QED) is 0.697. The predicted molar refractivity (Wildman–Crippen MR) is 113 cm³/mol. The average Bonchev–Trinajstić information content (AvgIpc) is 3.00. The maximum absolute atomic E-state index is 13.0. The lowest BCUT2D eigenvalue weighted by molar-refractivity contribution is -0.137. The molecule has 1 aromatic heterocycles. The van der Waals surface area contributed by atoms with E-state index in [0.29, 0.717) is 11.6 Å². The SMILES string of the molecule is Cc1c(C(=O)Nc2cccc(C(F)(F)F)c2)cc(C(C)(C)C)n1C1CCN(C)CC1. The maximum atomic E-state index is 13.0. The highest BCUT2D eigenvalue weighted by Crippen LogP contribution is 2.35. The molecule has 30 heavy (non-hydrogen) atoms. The molecule has 0 aliphatic carbocycles. The van der Waals surface area contributed by atoms with Gasteiger partial charge in [0.2, 0.25) is 0 Å². The Balaban J connectivity index is 1.93. The molecule has 1 amide bonds. The number of anilines is 1. The Labute approximate surface area is 176 Å². The van der Waals surface area contributed by atoms with Gasteiger partial charge in [-0.1, -0.05) is 26.8 Å². The third-order valence-electron chi connectivity index (χ3n) is 5.81. The molecule has 2 aromatic rings. The van der Waals surface area contributed by atoms with Gasteiger partial charge in [0.15, 0.2) is 0 Å². The first-order valence-corrected chi connectivity index (χ1v) is 10.3. The van der Waals surface area contributed by atoms with Crippen LogP contribution in [0.25, 0.3) is 0 Å². The predicted octanol–water partition coefficient (Wildman–Crippen LogP) is 5.63. The van der Waals surface area contributed by atoms with Gasteiger partial charge in [-0.25, -0.2) is 0 Å². The van der Waals surface area contributed by atoms with E-state index < -0.39 is 11.7 Å². The number of aromatic nitrogens is 1. The highest BCUT2D eigenvalue weighted by molar-refractivity contribution is 6.05. The Kier molecular flexibility index (Phi) is 6.05. The molecule has 0 atom stereocenters. The van der Waals surface area contributed by atoms with E-state index in [4.69, 9.17) is 0 Å². The van der Waals surface area contributed by atoms with Crippen molar-refractivity contribution in [2.75, 3.05) is 25.5 Å². The minimum Gasteiger partial charge on any atom is -0.344 e. The first-order valence-electron chi connectivity index (χ1n) is 10.3. The third kappa shape index (κ3) is 4.72. The zero-order valence-electron chi connectivity index (χ0n) is 18.2. The van der Waals surface area contributed by atoms with Gasteiger partial charge in [0, 0.05) is 28.5 Å². The number of hydrogen-bond donors (Lipinski definition) is 1. The molecule has 3 rings (SSSR count). The van der Waals surface area contributed by atoms with E-state index >= 15 is 0 Å². The summed E-state index contributed by atoms with van der Waals surface area (Å²) in [5.41, 5.74) is 1.64. The summed E-state index contributed by atoms with van der Waals surface area (Å²) < 4.78 is 41.3. The zero-order chi connectivity index (χ0) is 22.3. The van der Waals surface area contributed by atoms with Crippen LogP contribution in [-0.2, 0) is 11.6 Å². The fraction of sp³-hybridized carbons (Fsp3) is 0.522. The van der Waals surface area contributed by atoms with E-state index in [-0.39, 0.29) is 17.0 Å². The van der Waals surface area contributed by atoms with Crippen molar-refractivity contribution in [3.05, 3.63) is 52.8 Å². The summed E-state index contributed by atoms with van der Waals surface area (Å²) in [7, 11) is 2.11. The number of carbonyl (C=O) groups excluding carboxylic acids is 1. The molecule has 1 N–H and O–H groups in total. The van der Waals surface area contributed by atoms with Crippen molar-refractivity contribution in [2.24, 2.45) is 0 Å².